The molecule has 0 heterocycles. The first-order chi connectivity index (χ1) is 8.33. The van der Waals surface area contributed by atoms with Crippen LogP contribution >= 0.6 is 11.8 Å². The van der Waals surface area contributed by atoms with Crippen molar-refractivity contribution in [1.82, 2.24) is 0 Å². The van der Waals surface area contributed by atoms with Crippen molar-refractivity contribution >= 4 is 17.7 Å². The van der Waals surface area contributed by atoms with Gasteiger partial charge in [0.1, 0.15) is 19.0 Å². The molecule has 0 saturated heterocycles. The highest BCUT2D eigenvalue weighted by Crippen LogP contribution is 2.07. The Kier molecular flexibility index (Phi) is 7.30. The Balaban J connectivity index is 2.02. The van der Waals surface area contributed by atoms with E-state index in [4.69, 9.17) is 9.47 Å². The van der Waals surface area contributed by atoms with Crippen LogP contribution in [0.3, 0.4) is 0 Å². The van der Waals surface area contributed by atoms with Crippen LogP contribution in [0.4, 0.5) is 0 Å². The summed E-state index contributed by atoms with van der Waals surface area (Å²) in [6.45, 7) is 2.79. The van der Waals surface area contributed by atoms with Crippen molar-refractivity contribution in [3.05, 3.63) is 30.3 Å². The third-order valence-electron chi connectivity index (χ3n) is 1.93. The SMILES string of the molecule is CCCSCC(=O)OCCOc1ccccc1. The smallest absolute Gasteiger partial charge is 0.316 e. The standard InChI is InChI=1S/C13H18O3S/c1-2-10-17-11-13(14)16-9-8-15-12-6-4-3-5-7-12/h3-7H,2,8-11H2,1H3. The minimum absolute atomic E-state index is 0.167. The third kappa shape index (κ3) is 6.89. The van der Waals surface area contributed by atoms with Crippen LogP contribution in [-0.4, -0.2) is 30.7 Å². The molecule has 0 aliphatic rings. The first-order valence-corrected chi connectivity index (χ1v) is 6.89. The van der Waals surface area contributed by atoms with Crippen LogP contribution in [-0.2, 0) is 9.53 Å². The molecule has 1 aromatic carbocycles. The van der Waals surface area contributed by atoms with Crippen LogP contribution in [0.15, 0.2) is 30.3 Å². The Labute approximate surface area is 106 Å². The zero-order chi connectivity index (χ0) is 12.3. The minimum atomic E-state index is -0.167. The van der Waals surface area contributed by atoms with Crippen molar-refractivity contribution in [3.63, 3.8) is 0 Å². The first kappa shape index (κ1) is 13.9. The van der Waals surface area contributed by atoms with Gasteiger partial charge in [-0.1, -0.05) is 25.1 Å². The van der Waals surface area contributed by atoms with Gasteiger partial charge in [-0.05, 0) is 24.3 Å². The van der Waals surface area contributed by atoms with E-state index in [1.807, 2.05) is 30.3 Å². The van der Waals surface area contributed by atoms with Gasteiger partial charge in [0.05, 0.1) is 5.75 Å². The maximum atomic E-state index is 11.2. The van der Waals surface area contributed by atoms with Gasteiger partial charge >= 0.3 is 5.97 Å². The van der Waals surface area contributed by atoms with Gasteiger partial charge in [0.2, 0.25) is 0 Å². The number of ether oxygens (including phenoxy) is 2. The van der Waals surface area contributed by atoms with Gasteiger partial charge in [-0.2, -0.15) is 11.8 Å². The zero-order valence-electron chi connectivity index (χ0n) is 10.1. The predicted octanol–water partition coefficient (Wildman–Crippen LogP) is 2.75. The number of carbonyl (C=O) groups excluding carboxylic acids is 1. The van der Waals surface area contributed by atoms with Gasteiger partial charge in [-0.3, -0.25) is 4.79 Å². The highest BCUT2D eigenvalue weighted by molar-refractivity contribution is 7.99. The van der Waals surface area contributed by atoms with Crippen molar-refractivity contribution in [2.75, 3.05) is 24.7 Å². The topological polar surface area (TPSA) is 35.5 Å². The van der Waals surface area contributed by atoms with Crippen LogP contribution < -0.4 is 4.74 Å². The largest absolute Gasteiger partial charge is 0.490 e. The number of thioether (sulfide) groups is 1. The second kappa shape index (κ2) is 8.93. The highest BCUT2D eigenvalue weighted by atomic mass is 32.2. The molecule has 0 spiro atoms. The van der Waals surface area contributed by atoms with Gasteiger partial charge in [0.15, 0.2) is 0 Å². The zero-order valence-corrected chi connectivity index (χ0v) is 10.9. The maximum Gasteiger partial charge on any atom is 0.316 e. The normalized spacial score (nSPS) is 9.94. The molecule has 1 rings (SSSR count). The van der Waals surface area contributed by atoms with E-state index in [1.165, 1.54) is 0 Å². The Morgan fingerprint density at radius 2 is 2.00 bits per heavy atom. The molecule has 0 N–H and O–H groups in total. The molecule has 0 unspecified atom stereocenters. The lowest BCUT2D eigenvalue weighted by molar-refractivity contribution is -0.141. The van der Waals surface area contributed by atoms with E-state index in [9.17, 15) is 4.79 Å². The number of benzene rings is 1. The summed E-state index contributed by atoms with van der Waals surface area (Å²) in [7, 11) is 0. The van der Waals surface area contributed by atoms with Crippen LogP contribution in [0.25, 0.3) is 0 Å². The second-order valence-corrected chi connectivity index (χ2v) is 4.54. The lowest BCUT2D eigenvalue weighted by Crippen LogP contribution is -2.13. The number of rotatable bonds is 8. The molecular formula is C13H18O3S. The molecule has 0 aliphatic heterocycles. The summed E-state index contributed by atoms with van der Waals surface area (Å²) in [5.41, 5.74) is 0. The van der Waals surface area contributed by atoms with Gasteiger partial charge < -0.3 is 9.47 Å². The number of para-hydroxylation sites is 1. The van der Waals surface area contributed by atoms with E-state index < -0.39 is 0 Å². The molecule has 17 heavy (non-hydrogen) atoms. The van der Waals surface area contributed by atoms with Gasteiger partial charge in [-0.25, -0.2) is 0 Å². The Bertz CT molecular complexity index is 314. The molecule has 0 atom stereocenters. The van der Waals surface area contributed by atoms with Crippen molar-refractivity contribution in [2.24, 2.45) is 0 Å². The van der Waals surface area contributed by atoms with Gasteiger partial charge in [0.25, 0.3) is 0 Å². The Morgan fingerprint density at radius 3 is 2.71 bits per heavy atom. The van der Waals surface area contributed by atoms with E-state index in [2.05, 4.69) is 6.92 Å². The molecular weight excluding hydrogens is 236 g/mol. The molecule has 94 valence electrons. The molecule has 0 amide bonds. The van der Waals surface area contributed by atoms with Crippen molar-refractivity contribution in [2.45, 2.75) is 13.3 Å². The number of carbonyl (C=O) groups is 1. The molecule has 0 saturated carbocycles. The summed E-state index contributed by atoms with van der Waals surface area (Å²) < 4.78 is 10.4. The molecule has 1 aromatic rings. The fourth-order valence-corrected chi connectivity index (χ4v) is 1.86. The molecule has 0 aromatic heterocycles. The summed E-state index contributed by atoms with van der Waals surface area (Å²) in [4.78, 5) is 11.2. The van der Waals surface area contributed by atoms with Crippen LogP contribution in [0.5, 0.6) is 5.75 Å². The number of esters is 1. The third-order valence-corrected chi connectivity index (χ3v) is 3.06. The van der Waals surface area contributed by atoms with Crippen molar-refractivity contribution in [3.8, 4) is 5.75 Å². The van der Waals surface area contributed by atoms with Gasteiger partial charge in [-0.15, -0.1) is 0 Å². The van der Waals surface area contributed by atoms with Crippen molar-refractivity contribution in [1.29, 1.82) is 0 Å². The molecule has 3 nitrogen and oxygen atoms in total. The summed E-state index contributed by atoms with van der Waals surface area (Å²) in [5.74, 6) is 2.05. The lowest BCUT2D eigenvalue weighted by Gasteiger charge is -2.06. The van der Waals surface area contributed by atoms with Gasteiger partial charge in [0, 0.05) is 0 Å². The fraction of sp³-hybridized carbons (Fsp3) is 0.462. The molecule has 0 fully saturated rings. The monoisotopic (exact) mass is 254 g/mol. The van der Waals surface area contributed by atoms with E-state index in [0.29, 0.717) is 19.0 Å². The quantitative estimate of drug-likeness (QED) is 0.528. The van der Waals surface area contributed by atoms with E-state index in [-0.39, 0.29) is 5.97 Å². The lowest BCUT2D eigenvalue weighted by atomic mass is 10.3. The molecule has 0 bridgehead atoms. The second-order valence-electron chi connectivity index (χ2n) is 3.43. The summed E-state index contributed by atoms with van der Waals surface area (Å²) in [6.07, 6.45) is 1.08. The van der Waals surface area contributed by atoms with Crippen LogP contribution in [0, 0.1) is 0 Å². The predicted molar refractivity (Wildman–Crippen MR) is 70.5 cm³/mol. The van der Waals surface area contributed by atoms with Crippen LogP contribution in [0.1, 0.15) is 13.3 Å². The maximum absolute atomic E-state index is 11.2. The van der Waals surface area contributed by atoms with E-state index >= 15 is 0 Å². The molecule has 4 heteroatoms. The minimum Gasteiger partial charge on any atom is -0.490 e. The number of hydrogen-bond donors (Lipinski definition) is 0. The van der Waals surface area contributed by atoms with Crippen LogP contribution in [0.2, 0.25) is 0 Å². The van der Waals surface area contributed by atoms with E-state index in [0.717, 1.165) is 17.9 Å². The fourth-order valence-electron chi connectivity index (χ4n) is 1.17. The summed E-state index contributed by atoms with van der Waals surface area (Å²) >= 11 is 1.60. The Hall–Kier alpha value is -1.16. The highest BCUT2D eigenvalue weighted by Gasteiger charge is 2.02. The summed E-state index contributed by atoms with van der Waals surface area (Å²) in [6, 6.07) is 9.49. The number of hydrogen-bond acceptors (Lipinski definition) is 4. The molecule has 0 radical (unpaired) electrons. The first-order valence-electron chi connectivity index (χ1n) is 5.74. The van der Waals surface area contributed by atoms with E-state index in [1.54, 1.807) is 11.8 Å². The average molecular weight is 254 g/mol. The van der Waals surface area contributed by atoms with Crippen molar-refractivity contribution < 1.29 is 14.3 Å². The Morgan fingerprint density at radius 1 is 1.24 bits per heavy atom. The average Bonchev–Trinajstić information content (AvgIpc) is 2.36. The molecule has 0 aliphatic carbocycles. The summed E-state index contributed by atoms with van der Waals surface area (Å²) in [5, 5.41) is 0.